The molecule has 3 nitrogen and oxygen atoms in total. The highest BCUT2D eigenvalue weighted by molar-refractivity contribution is 9.10. The van der Waals surface area contributed by atoms with Crippen molar-refractivity contribution in [2.24, 2.45) is 0 Å². The molecule has 0 fully saturated rings. The summed E-state index contributed by atoms with van der Waals surface area (Å²) in [6.45, 7) is 0.765. The minimum atomic E-state index is -0.397. The van der Waals surface area contributed by atoms with Gasteiger partial charge >= 0.3 is 6.09 Å². The van der Waals surface area contributed by atoms with Gasteiger partial charge in [-0.1, -0.05) is 54.6 Å². The first-order valence-corrected chi connectivity index (χ1v) is 10.4. The van der Waals surface area contributed by atoms with E-state index in [-0.39, 0.29) is 5.92 Å². The van der Waals surface area contributed by atoms with Gasteiger partial charge in [0, 0.05) is 21.8 Å². The van der Waals surface area contributed by atoms with Crippen molar-refractivity contribution in [3.05, 3.63) is 86.5 Å². The summed E-state index contributed by atoms with van der Waals surface area (Å²) in [7, 11) is 0. The molecule has 0 radical (unpaired) electrons. The van der Waals surface area contributed by atoms with Gasteiger partial charge in [0.15, 0.2) is 0 Å². The molecule has 0 spiro atoms. The lowest BCUT2D eigenvalue weighted by Gasteiger charge is -2.14. The Morgan fingerprint density at radius 2 is 1.74 bits per heavy atom. The van der Waals surface area contributed by atoms with Crippen molar-refractivity contribution in [2.75, 3.05) is 13.2 Å². The lowest BCUT2D eigenvalue weighted by atomic mass is 9.98. The zero-order valence-electron chi connectivity index (χ0n) is 14.5. The number of thiophene rings is 1. The Labute approximate surface area is 170 Å². The number of amides is 1. The monoisotopic (exact) mass is 439 g/mol. The quantitative estimate of drug-likeness (QED) is 0.524. The van der Waals surface area contributed by atoms with Gasteiger partial charge in [-0.25, -0.2) is 4.79 Å². The molecule has 1 aliphatic rings. The number of nitrogens with one attached hydrogen (secondary N) is 1. The first kappa shape index (κ1) is 18.0. The van der Waals surface area contributed by atoms with Crippen molar-refractivity contribution in [1.82, 2.24) is 5.32 Å². The van der Waals surface area contributed by atoms with E-state index in [0.717, 1.165) is 9.35 Å². The van der Waals surface area contributed by atoms with E-state index in [4.69, 9.17) is 4.74 Å². The fourth-order valence-electron chi connectivity index (χ4n) is 3.38. The number of benzene rings is 2. The fourth-order valence-corrected chi connectivity index (χ4v) is 4.81. The summed E-state index contributed by atoms with van der Waals surface area (Å²) >= 11 is 5.13. The summed E-state index contributed by atoms with van der Waals surface area (Å²) in [5.41, 5.74) is 4.89. The Bertz CT molecular complexity index is 950. The third-order valence-electron chi connectivity index (χ3n) is 4.62. The van der Waals surface area contributed by atoms with Crippen molar-refractivity contribution in [3.63, 3.8) is 0 Å². The Morgan fingerprint density at radius 3 is 2.37 bits per heavy atom. The lowest BCUT2D eigenvalue weighted by Crippen LogP contribution is -2.26. The SMILES string of the molecule is O=C(NCC=Cc1sccc1Br)OCC1c2ccccc2-c2ccccc21. The topological polar surface area (TPSA) is 38.3 Å². The van der Waals surface area contributed by atoms with E-state index in [1.54, 1.807) is 11.3 Å². The standard InChI is InChI=1S/C22H18BrNO2S/c23-20-11-13-27-21(20)10-5-12-24-22(25)26-14-19-17-8-3-1-6-15(17)16-7-2-4-9-18(16)19/h1-11,13,19H,12,14H2,(H,24,25). The average Bonchev–Trinajstić information content (AvgIpc) is 3.25. The molecule has 0 bridgehead atoms. The summed E-state index contributed by atoms with van der Waals surface area (Å²) in [5, 5.41) is 4.79. The molecule has 0 saturated carbocycles. The van der Waals surface area contributed by atoms with Crippen LogP contribution in [0.25, 0.3) is 17.2 Å². The Hall–Kier alpha value is -2.37. The van der Waals surface area contributed by atoms with E-state index in [1.165, 1.54) is 22.3 Å². The molecule has 5 heteroatoms. The van der Waals surface area contributed by atoms with Crippen LogP contribution in [0.4, 0.5) is 4.79 Å². The summed E-state index contributed by atoms with van der Waals surface area (Å²) in [6.07, 6.45) is 3.50. The maximum absolute atomic E-state index is 12.1. The number of hydrogen-bond acceptors (Lipinski definition) is 3. The molecule has 1 aromatic heterocycles. The largest absolute Gasteiger partial charge is 0.449 e. The zero-order chi connectivity index (χ0) is 18.6. The maximum atomic E-state index is 12.1. The zero-order valence-corrected chi connectivity index (χ0v) is 16.9. The van der Waals surface area contributed by atoms with Gasteiger partial charge in [0.25, 0.3) is 0 Å². The van der Waals surface area contributed by atoms with E-state index < -0.39 is 6.09 Å². The highest BCUT2D eigenvalue weighted by Gasteiger charge is 2.28. The van der Waals surface area contributed by atoms with Gasteiger partial charge in [-0.3, -0.25) is 0 Å². The molecule has 1 aliphatic carbocycles. The van der Waals surface area contributed by atoms with E-state index in [2.05, 4.69) is 45.5 Å². The number of fused-ring (bicyclic) bond motifs is 3. The van der Waals surface area contributed by atoms with Crippen molar-refractivity contribution in [1.29, 1.82) is 0 Å². The van der Waals surface area contributed by atoms with Crippen LogP contribution < -0.4 is 5.32 Å². The van der Waals surface area contributed by atoms with Crippen LogP contribution in [-0.2, 0) is 4.74 Å². The number of alkyl carbamates (subject to hydrolysis) is 1. The van der Waals surface area contributed by atoms with Crippen LogP contribution in [0, 0.1) is 0 Å². The lowest BCUT2D eigenvalue weighted by molar-refractivity contribution is 0.144. The van der Waals surface area contributed by atoms with E-state index in [1.807, 2.05) is 47.9 Å². The molecule has 0 unspecified atom stereocenters. The van der Waals surface area contributed by atoms with Crippen LogP contribution in [0.1, 0.15) is 21.9 Å². The second kappa shape index (κ2) is 8.11. The molecule has 0 aliphatic heterocycles. The van der Waals surface area contributed by atoms with Crippen molar-refractivity contribution in [3.8, 4) is 11.1 Å². The molecule has 1 N–H and O–H groups in total. The molecule has 27 heavy (non-hydrogen) atoms. The number of ether oxygens (including phenoxy) is 1. The molecule has 3 aromatic rings. The van der Waals surface area contributed by atoms with Gasteiger partial charge < -0.3 is 10.1 Å². The van der Waals surface area contributed by atoms with Crippen LogP contribution in [0.2, 0.25) is 0 Å². The first-order valence-electron chi connectivity index (χ1n) is 8.72. The van der Waals surface area contributed by atoms with Gasteiger partial charge in [0.1, 0.15) is 6.61 Å². The highest BCUT2D eigenvalue weighted by Crippen LogP contribution is 2.44. The molecular formula is C22H18BrNO2S. The van der Waals surface area contributed by atoms with E-state index in [0.29, 0.717) is 13.2 Å². The van der Waals surface area contributed by atoms with Gasteiger partial charge in [0.2, 0.25) is 0 Å². The molecular weight excluding hydrogens is 422 g/mol. The van der Waals surface area contributed by atoms with Crippen LogP contribution in [0.3, 0.4) is 0 Å². The molecule has 0 saturated heterocycles. The molecule has 4 rings (SSSR count). The fraction of sp³-hybridized carbons (Fsp3) is 0.136. The van der Waals surface area contributed by atoms with Crippen molar-refractivity contribution in [2.45, 2.75) is 5.92 Å². The number of hydrogen-bond donors (Lipinski definition) is 1. The Kier molecular flexibility index (Phi) is 5.41. The smallest absolute Gasteiger partial charge is 0.407 e. The van der Waals surface area contributed by atoms with Gasteiger partial charge in [-0.15, -0.1) is 11.3 Å². The first-order chi connectivity index (χ1) is 13.2. The number of carbonyl (C=O) groups excluding carboxylic acids is 1. The summed E-state index contributed by atoms with van der Waals surface area (Å²) in [6, 6.07) is 18.6. The second-order valence-electron chi connectivity index (χ2n) is 6.24. The minimum absolute atomic E-state index is 0.0840. The summed E-state index contributed by atoms with van der Waals surface area (Å²) in [4.78, 5) is 13.2. The van der Waals surface area contributed by atoms with Crippen LogP contribution >= 0.6 is 27.3 Å². The maximum Gasteiger partial charge on any atom is 0.407 e. The number of carbonyl (C=O) groups is 1. The molecule has 0 atom stereocenters. The summed E-state index contributed by atoms with van der Waals surface area (Å²) in [5.74, 6) is 0.0840. The van der Waals surface area contributed by atoms with E-state index in [9.17, 15) is 4.79 Å². The molecule has 136 valence electrons. The van der Waals surface area contributed by atoms with Gasteiger partial charge in [0.05, 0.1) is 0 Å². The Morgan fingerprint density at radius 1 is 1.07 bits per heavy atom. The molecule has 1 amide bonds. The van der Waals surface area contributed by atoms with Gasteiger partial charge in [-0.2, -0.15) is 0 Å². The molecule has 2 aromatic carbocycles. The predicted molar refractivity (Wildman–Crippen MR) is 114 cm³/mol. The van der Waals surface area contributed by atoms with Crippen LogP contribution in [0.15, 0.2) is 70.5 Å². The van der Waals surface area contributed by atoms with Gasteiger partial charge in [-0.05, 0) is 55.7 Å². The third-order valence-corrected chi connectivity index (χ3v) is 6.46. The number of halogens is 1. The molecule has 1 heterocycles. The number of rotatable bonds is 5. The minimum Gasteiger partial charge on any atom is -0.449 e. The van der Waals surface area contributed by atoms with Crippen molar-refractivity contribution >= 4 is 39.4 Å². The van der Waals surface area contributed by atoms with Crippen LogP contribution in [-0.4, -0.2) is 19.2 Å². The van der Waals surface area contributed by atoms with E-state index >= 15 is 0 Å². The van der Waals surface area contributed by atoms with Crippen LogP contribution in [0.5, 0.6) is 0 Å². The summed E-state index contributed by atoms with van der Waals surface area (Å²) < 4.78 is 6.57. The Balaban J connectivity index is 1.35. The average molecular weight is 440 g/mol. The van der Waals surface area contributed by atoms with Crippen molar-refractivity contribution < 1.29 is 9.53 Å². The second-order valence-corrected chi connectivity index (χ2v) is 8.04. The highest BCUT2D eigenvalue weighted by atomic mass is 79.9. The predicted octanol–water partition coefficient (Wildman–Crippen LogP) is 6.06. The normalized spacial score (nSPS) is 12.8. The third kappa shape index (κ3) is 3.84.